The maximum absolute atomic E-state index is 12.1. The number of amides is 2. The number of nitro benzene ring substituents is 1. The summed E-state index contributed by atoms with van der Waals surface area (Å²) >= 11 is 1.11. The van der Waals surface area contributed by atoms with Crippen LogP contribution in [-0.4, -0.2) is 41.9 Å². The number of hydrogen-bond donors (Lipinski definition) is 2. The fourth-order valence-electron chi connectivity index (χ4n) is 2.12. The van der Waals surface area contributed by atoms with E-state index < -0.39 is 29.4 Å². The molecule has 0 aliphatic rings. The van der Waals surface area contributed by atoms with Crippen LogP contribution in [0.4, 0.5) is 5.69 Å². The lowest BCUT2D eigenvalue weighted by Gasteiger charge is -2.13. The van der Waals surface area contributed by atoms with E-state index in [2.05, 4.69) is 10.6 Å². The smallest absolute Gasteiger partial charge is 0.348 e. The largest absolute Gasteiger partial charge is 0.451 e. The molecule has 0 radical (unpaired) electrons. The summed E-state index contributed by atoms with van der Waals surface area (Å²) in [7, 11) is 0. The van der Waals surface area contributed by atoms with E-state index in [9.17, 15) is 24.5 Å². The van der Waals surface area contributed by atoms with Crippen molar-refractivity contribution in [2.45, 2.75) is 19.9 Å². The number of likely N-dealkylation sites (N-methyl/N-ethyl adjacent to an activating group) is 1. The van der Waals surface area contributed by atoms with Gasteiger partial charge in [-0.25, -0.2) is 4.79 Å². The molecule has 0 fully saturated rings. The Morgan fingerprint density at radius 2 is 2.04 bits per heavy atom. The van der Waals surface area contributed by atoms with Gasteiger partial charge in [0.15, 0.2) is 6.61 Å². The monoisotopic (exact) mass is 379 g/mol. The van der Waals surface area contributed by atoms with Crippen molar-refractivity contribution in [3.8, 4) is 0 Å². The Hall–Kier alpha value is -3.01. The van der Waals surface area contributed by atoms with E-state index in [-0.39, 0.29) is 16.5 Å². The number of non-ortho nitro benzene ring substituents is 1. The number of nitrogens with zero attached hydrogens (tertiary/aromatic N) is 1. The number of esters is 1. The first-order valence-corrected chi connectivity index (χ1v) is 8.55. The average Bonchev–Trinajstić information content (AvgIpc) is 3.03. The van der Waals surface area contributed by atoms with Gasteiger partial charge in [0, 0.05) is 28.8 Å². The molecule has 9 nitrogen and oxygen atoms in total. The van der Waals surface area contributed by atoms with E-state index in [1.807, 2.05) is 0 Å². The standard InChI is InChI=1S/C16H17N3O6S/c1-3-17-15(21)9(2)18-14(20)8-25-16(22)13-7-10-6-11(19(23)24)4-5-12(10)26-13/h4-7,9H,3,8H2,1-2H3,(H,17,21)(H,18,20)/t9-/m0/s1. The zero-order chi connectivity index (χ0) is 19.3. The van der Waals surface area contributed by atoms with Crippen molar-refractivity contribution in [3.63, 3.8) is 0 Å². The molecular formula is C16H17N3O6S. The number of carbonyl (C=O) groups excluding carboxylic acids is 3. The molecule has 0 aliphatic heterocycles. The van der Waals surface area contributed by atoms with Gasteiger partial charge in [-0.3, -0.25) is 19.7 Å². The van der Waals surface area contributed by atoms with Gasteiger partial charge in [-0.15, -0.1) is 11.3 Å². The molecule has 0 aliphatic carbocycles. The van der Waals surface area contributed by atoms with Crippen molar-refractivity contribution in [1.82, 2.24) is 10.6 Å². The zero-order valence-electron chi connectivity index (χ0n) is 14.1. The molecule has 2 aromatic rings. The zero-order valence-corrected chi connectivity index (χ0v) is 14.9. The van der Waals surface area contributed by atoms with Gasteiger partial charge in [-0.2, -0.15) is 0 Å². The first kappa shape index (κ1) is 19.3. The molecule has 2 N–H and O–H groups in total. The van der Waals surface area contributed by atoms with Crippen LogP contribution < -0.4 is 10.6 Å². The van der Waals surface area contributed by atoms with Crippen molar-refractivity contribution in [2.24, 2.45) is 0 Å². The van der Waals surface area contributed by atoms with Gasteiger partial charge in [-0.1, -0.05) is 0 Å². The maximum Gasteiger partial charge on any atom is 0.348 e. The van der Waals surface area contributed by atoms with Crippen LogP contribution >= 0.6 is 11.3 Å². The number of ether oxygens (including phenoxy) is 1. The van der Waals surface area contributed by atoms with Crippen LogP contribution in [0.25, 0.3) is 10.1 Å². The number of rotatable bonds is 7. The highest BCUT2D eigenvalue weighted by Crippen LogP contribution is 2.29. The van der Waals surface area contributed by atoms with Gasteiger partial charge < -0.3 is 15.4 Å². The Kier molecular flexibility index (Phi) is 6.23. The van der Waals surface area contributed by atoms with E-state index in [0.717, 1.165) is 11.3 Å². The molecule has 1 atom stereocenters. The lowest BCUT2D eigenvalue weighted by Crippen LogP contribution is -2.46. The Balaban J connectivity index is 1.95. The van der Waals surface area contributed by atoms with Gasteiger partial charge in [0.1, 0.15) is 10.9 Å². The second-order valence-electron chi connectivity index (χ2n) is 5.35. The highest BCUT2D eigenvalue weighted by Gasteiger charge is 2.18. The molecule has 0 saturated heterocycles. The predicted molar refractivity (Wildman–Crippen MR) is 95.1 cm³/mol. The number of carbonyl (C=O) groups is 3. The van der Waals surface area contributed by atoms with Crippen molar-refractivity contribution >= 4 is 44.9 Å². The number of benzene rings is 1. The quantitative estimate of drug-likeness (QED) is 0.427. The second-order valence-corrected chi connectivity index (χ2v) is 6.43. The van der Waals surface area contributed by atoms with E-state index in [1.165, 1.54) is 25.1 Å². The summed E-state index contributed by atoms with van der Waals surface area (Å²) in [5.74, 6) is -1.65. The summed E-state index contributed by atoms with van der Waals surface area (Å²) in [5, 5.41) is 16.3. The summed E-state index contributed by atoms with van der Waals surface area (Å²) in [5.41, 5.74) is -0.0751. The van der Waals surface area contributed by atoms with Crippen LogP contribution in [0.1, 0.15) is 23.5 Å². The molecule has 0 unspecified atom stereocenters. The molecule has 1 heterocycles. The SMILES string of the molecule is CCNC(=O)[C@H](C)NC(=O)COC(=O)c1cc2cc([N+](=O)[O-])ccc2s1. The third-order valence-corrected chi connectivity index (χ3v) is 4.46. The van der Waals surface area contributed by atoms with E-state index in [0.29, 0.717) is 16.6 Å². The molecule has 0 saturated carbocycles. The maximum atomic E-state index is 12.1. The molecule has 1 aromatic heterocycles. The molecule has 2 amide bonds. The Morgan fingerprint density at radius 1 is 1.31 bits per heavy atom. The Morgan fingerprint density at radius 3 is 2.69 bits per heavy atom. The van der Waals surface area contributed by atoms with Gasteiger partial charge in [0.2, 0.25) is 5.91 Å². The number of fused-ring (bicyclic) bond motifs is 1. The third-order valence-electron chi connectivity index (χ3n) is 3.37. The van der Waals surface area contributed by atoms with Crippen LogP contribution in [0, 0.1) is 10.1 Å². The van der Waals surface area contributed by atoms with E-state index in [4.69, 9.17) is 4.74 Å². The third kappa shape index (κ3) is 4.76. The first-order valence-electron chi connectivity index (χ1n) is 7.74. The molecule has 26 heavy (non-hydrogen) atoms. The molecule has 1 aromatic carbocycles. The van der Waals surface area contributed by atoms with Gasteiger partial charge in [-0.05, 0) is 26.0 Å². The lowest BCUT2D eigenvalue weighted by molar-refractivity contribution is -0.384. The summed E-state index contributed by atoms with van der Waals surface area (Å²) in [6.07, 6.45) is 0. The molecular weight excluding hydrogens is 362 g/mol. The minimum absolute atomic E-state index is 0.0751. The van der Waals surface area contributed by atoms with Crippen LogP contribution in [0.2, 0.25) is 0 Å². The summed E-state index contributed by atoms with van der Waals surface area (Å²) < 4.78 is 5.62. The van der Waals surface area contributed by atoms with Crippen molar-refractivity contribution in [3.05, 3.63) is 39.3 Å². The van der Waals surface area contributed by atoms with E-state index >= 15 is 0 Å². The van der Waals surface area contributed by atoms with Gasteiger partial charge >= 0.3 is 5.97 Å². The van der Waals surface area contributed by atoms with Crippen LogP contribution in [0.3, 0.4) is 0 Å². The highest BCUT2D eigenvalue weighted by atomic mass is 32.1. The van der Waals surface area contributed by atoms with Crippen molar-refractivity contribution in [1.29, 1.82) is 0 Å². The van der Waals surface area contributed by atoms with Gasteiger partial charge in [0.05, 0.1) is 4.92 Å². The predicted octanol–water partition coefficient (Wildman–Crippen LogP) is 1.61. The van der Waals surface area contributed by atoms with Crippen molar-refractivity contribution < 1.29 is 24.0 Å². The molecule has 138 valence electrons. The second kappa shape index (κ2) is 8.39. The molecule has 0 bridgehead atoms. The molecule has 0 spiro atoms. The molecule has 10 heteroatoms. The Labute approximate surface area is 152 Å². The topological polar surface area (TPSA) is 128 Å². The number of hydrogen-bond acceptors (Lipinski definition) is 7. The van der Waals surface area contributed by atoms with E-state index in [1.54, 1.807) is 13.0 Å². The van der Waals surface area contributed by atoms with Crippen LogP contribution in [0.15, 0.2) is 24.3 Å². The minimum atomic E-state index is -0.744. The summed E-state index contributed by atoms with van der Waals surface area (Å²) in [4.78, 5) is 45.8. The number of nitrogens with one attached hydrogen (secondary N) is 2. The Bertz CT molecular complexity index is 863. The normalized spacial score (nSPS) is 11.6. The van der Waals surface area contributed by atoms with Crippen LogP contribution in [0.5, 0.6) is 0 Å². The summed E-state index contributed by atoms with van der Waals surface area (Å²) in [6, 6.07) is 5.00. The van der Waals surface area contributed by atoms with Crippen molar-refractivity contribution in [2.75, 3.05) is 13.2 Å². The minimum Gasteiger partial charge on any atom is -0.451 e. The van der Waals surface area contributed by atoms with Crippen LogP contribution in [-0.2, 0) is 14.3 Å². The summed E-state index contributed by atoms with van der Waals surface area (Å²) in [6.45, 7) is 3.19. The fourth-order valence-corrected chi connectivity index (χ4v) is 3.06. The fraction of sp³-hybridized carbons (Fsp3) is 0.312. The first-order chi connectivity index (χ1) is 12.3. The lowest BCUT2D eigenvalue weighted by atomic mass is 10.2. The number of nitro groups is 1. The molecule has 2 rings (SSSR count). The highest BCUT2D eigenvalue weighted by molar-refractivity contribution is 7.20. The average molecular weight is 379 g/mol. The number of thiophene rings is 1. The van der Waals surface area contributed by atoms with Gasteiger partial charge in [0.25, 0.3) is 11.6 Å².